The summed E-state index contributed by atoms with van der Waals surface area (Å²) in [6.45, 7) is 11.1. The molecule has 9 aromatic carbocycles. The maximum Gasteiger partial charge on any atom is 0.0166 e. The fraction of sp³-hybridized carbons (Fsp3) is 0.0968. The van der Waals surface area contributed by atoms with Crippen LogP contribution in [0.15, 0.2) is 347 Å². The molecule has 0 aliphatic rings. The first-order chi connectivity index (χ1) is 48.7. The van der Waals surface area contributed by atoms with Gasteiger partial charge >= 0.3 is 0 Å². The van der Waals surface area contributed by atoms with E-state index in [1.807, 2.05) is 225 Å². The van der Waals surface area contributed by atoms with Gasteiger partial charge in [-0.25, -0.2) is 0 Å². The van der Waals surface area contributed by atoms with Gasteiger partial charge in [-0.15, -0.1) is 215 Å². The number of hydrogen-bond acceptors (Lipinski definition) is 6. The molecule has 6 aromatic heterocycles. The van der Waals surface area contributed by atoms with Crippen LogP contribution in [-0.2, 0) is 73.2 Å². The van der Waals surface area contributed by atoms with Gasteiger partial charge in [0.05, 0.1) is 0 Å². The molecule has 15 aromatic rings. The average Bonchev–Trinajstić information content (AvgIpc) is 0.853. The fourth-order valence-electron chi connectivity index (χ4n) is 10.5. The van der Waals surface area contributed by atoms with Gasteiger partial charge in [0.15, 0.2) is 0 Å². The Morgan fingerprint density at radius 2 is 0.520 bits per heavy atom. The minimum atomic E-state index is 0. The number of benzene rings is 9. The summed E-state index contributed by atoms with van der Waals surface area (Å²) in [5.74, 6) is 1.25. The van der Waals surface area contributed by atoms with Crippen molar-refractivity contribution in [3.05, 3.63) is 400 Å². The maximum atomic E-state index is 4.46. The molecule has 9 heteroatoms. The zero-order valence-electron chi connectivity index (χ0n) is 57.7. The molecule has 6 heterocycles. The first-order valence-electron chi connectivity index (χ1n) is 33.5. The van der Waals surface area contributed by atoms with Crippen LogP contribution in [0.1, 0.15) is 57.2 Å². The van der Waals surface area contributed by atoms with Crippen LogP contribution < -0.4 is 0 Å². The third-order valence-corrected chi connectivity index (χ3v) is 15.7. The van der Waals surface area contributed by atoms with Crippen molar-refractivity contribution in [3.63, 3.8) is 0 Å². The molecule has 0 saturated heterocycles. The molecule has 0 N–H and O–H groups in total. The van der Waals surface area contributed by atoms with Gasteiger partial charge in [-0.1, -0.05) is 162 Å². The van der Waals surface area contributed by atoms with E-state index >= 15 is 0 Å². The largest absolute Gasteiger partial charge is 0.305 e. The van der Waals surface area contributed by atoms with Crippen molar-refractivity contribution in [3.8, 4) is 101 Å². The standard InChI is InChI=1S/C21H20N.C20H18N.C19H16N.3C11H8N.3Ir/c1-16(2)14-17-8-10-18(11-9-17)20-12-13-22-21(15-20)19-6-4-3-5-7-19;1-15(2)16-8-10-17(11-9-16)19-12-13-21-20(14-19)18-6-4-3-5-7-18;1-2-15-8-10-16(11-9-15)18-12-13-20-19(14-18)17-6-4-3-5-7-17;3*1-2-6-10(7-3-1)11-8-4-5-9-12-11;;;/h3-6,8-13,15-16H,14H2,1-2H3;3-6,8-15H,1-2H3;3-6,8-14H,2H2,1H3;3*1-6,8-9H;;;/q6*-1;;;. The van der Waals surface area contributed by atoms with Crippen LogP contribution in [0.3, 0.4) is 0 Å². The van der Waals surface area contributed by atoms with Gasteiger partial charge in [0, 0.05) is 97.5 Å². The summed E-state index contributed by atoms with van der Waals surface area (Å²) in [5.41, 5.74) is 23.4. The van der Waals surface area contributed by atoms with E-state index in [1.165, 1.54) is 50.1 Å². The average molecular weight is 1860 g/mol. The second-order valence-electron chi connectivity index (χ2n) is 23.7. The molecule has 102 heavy (non-hydrogen) atoms. The van der Waals surface area contributed by atoms with E-state index in [0.29, 0.717) is 11.8 Å². The molecule has 513 valence electrons. The van der Waals surface area contributed by atoms with Gasteiger partial charge in [0.1, 0.15) is 0 Å². The summed E-state index contributed by atoms with van der Waals surface area (Å²) >= 11 is 0. The Labute approximate surface area is 644 Å². The molecule has 3 radical (unpaired) electrons. The van der Waals surface area contributed by atoms with Crippen molar-refractivity contribution in [1.29, 1.82) is 0 Å². The number of rotatable bonds is 13. The van der Waals surface area contributed by atoms with Crippen LogP contribution in [-0.4, -0.2) is 29.9 Å². The van der Waals surface area contributed by atoms with Gasteiger partial charge in [0.2, 0.25) is 0 Å². The zero-order valence-corrected chi connectivity index (χ0v) is 64.8. The number of nitrogens with zero attached hydrogens (tertiary/aromatic N) is 6. The zero-order chi connectivity index (χ0) is 68.5. The molecule has 0 aliphatic heterocycles. The van der Waals surface area contributed by atoms with Gasteiger partial charge in [0.25, 0.3) is 0 Å². The summed E-state index contributed by atoms with van der Waals surface area (Å²) in [4.78, 5) is 26.0. The smallest absolute Gasteiger partial charge is 0.0166 e. The van der Waals surface area contributed by atoms with E-state index in [9.17, 15) is 0 Å². The molecule has 0 unspecified atom stereocenters. The third-order valence-electron chi connectivity index (χ3n) is 15.7. The molecule has 0 amide bonds. The predicted molar refractivity (Wildman–Crippen MR) is 409 cm³/mol. The van der Waals surface area contributed by atoms with E-state index in [-0.39, 0.29) is 60.3 Å². The normalized spacial score (nSPS) is 10.0. The van der Waals surface area contributed by atoms with Crippen LogP contribution in [0.5, 0.6) is 0 Å². The Hall–Kier alpha value is -10.2. The van der Waals surface area contributed by atoms with E-state index in [4.69, 9.17) is 0 Å². The molecular weight excluding hydrogens is 1780 g/mol. The molecule has 0 saturated carbocycles. The molecular formula is C93H78Ir3N6-6. The first-order valence-corrected chi connectivity index (χ1v) is 33.5. The number of pyridine rings is 6. The van der Waals surface area contributed by atoms with Gasteiger partial charge in [-0.3, -0.25) is 0 Å². The summed E-state index contributed by atoms with van der Waals surface area (Å²) < 4.78 is 0. The van der Waals surface area contributed by atoms with E-state index in [1.54, 1.807) is 18.6 Å². The molecule has 0 fully saturated rings. The molecule has 15 rings (SSSR count). The quantitative estimate of drug-likeness (QED) is 0.107. The second kappa shape index (κ2) is 43.5. The first kappa shape index (κ1) is 79.2. The number of aromatic nitrogens is 6. The number of hydrogen-bond donors (Lipinski definition) is 0. The minimum absolute atomic E-state index is 0. The van der Waals surface area contributed by atoms with Crippen molar-refractivity contribution < 1.29 is 60.3 Å². The van der Waals surface area contributed by atoms with Crippen LogP contribution >= 0.6 is 0 Å². The Balaban J connectivity index is 0.000000174. The van der Waals surface area contributed by atoms with Crippen LogP contribution in [0.4, 0.5) is 0 Å². The minimum Gasteiger partial charge on any atom is -0.305 e. The topological polar surface area (TPSA) is 77.3 Å². The van der Waals surface area contributed by atoms with Gasteiger partial charge < -0.3 is 29.9 Å². The summed E-state index contributed by atoms with van der Waals surface area (Å²) in [7, 11) is 0. The number of aryl methyl sites for hydroxylation is 1. The van der Waals surface area contributed by atoms with Crippen LogP contribution in [0, 0.1) is 42.3 Å². The summed E-state index contributed by atoms with van der Waals surface area (Å²) in [6, 6.07) is 123. The van der Waals surface area contributed by atoms with Crippen molar-refractivity contribution in [1.82, 2.24) is 29.9 Å². The maximum absolute atomic E-state index is 4.46. The van der Waals surface area contributed by atoms with Crippen LogP contribution in [0.2, 0.25) is 0 Å². The monoisotopic (exact) mass is 1860 g/mol. The molecule has 0 aliphatic carbocycles. The van der Waals surface area contributed by atoms with Gasteiger partial charge in [-0.2, -0.15) is 0 Å². The van der Waals surface area contributed by atoms with Crippen molar-refractivity contribution in [2.75, 3.05) is 0 Å². The van der Waals surface area contributed by atoms with E-state index in [0.717, 1.165) is 80.4 Å². The molecule has 0 bridgehead atoms. The molecule has 0 atom stereocenters. The van der Waals surface area contributed by atoms with Crippen molar-refractivity contribution >= 4 is 0 Å². The Morgan fingerprint density at radius 3 is 0.765 bits per heavy atom. The summed E-state index contributed by atoms with van der Waals surface area (Å²) in [5, 5.41) is 0. The van der Waals surface area contributed by atoms with Crippen LogP contribution in [0.25, 0.3) is 101 Å². The molecule has 0 spiro atoms. The molecule has 6 nitrogen and oxygen atoms in total. The third kappa shape index (κ3) is 25.2. The Bertz CT molecular complexity index is 4430. The SMILES string of the molecule is CC(C)Cc1ccc(-c2ccnc(-c3[c-]cccc3)c2)cc1.CC(C)c1ccc(-c2ccnc(-c3[c-]cccc3)c2)cc1.CCc1ccc(-c2ccnc(-c3[c-]cccc3)c2)cc1.[Ir].[Ir].[Ir].[c-]1ccccc1-c1ccccn1.[c-]1ccccc1-c1ccccn1.[c-]1ccccc1-c1ccccn1. The predicted octanol–water partition coefficient (Wildman–Crippen LogP) is 23.2. The van der Waals surface area contributed by atoms with Crippen molar-refractivity contribution in [2.45, 2.75) is 53.4 Å². The van der Waals surface area contributed by atoms with E-state index in [2.05, 4.69) is 204 Å². The second-order valence-corrected chi connectivity index (χ2v) is 23.7. The fourth-order valence-corrected chi connectivity index (χ4v) is 10.5. The van der Waals surface area contributed by atoms with Crippen molar-refractivity contribution in [2.24, 2.45) is 5.92 Å². The van der Waals surface area contributed by atoms with E-state index < -0.39 is 0 Å². The van der Waals surface area contributed by atoms with Gasteiger partial charge in [-0.05, 0) is 145 Å². The Morgan fingerprint density at radius 1 is 0.255 bits per heavy atom. The summed E-state index contributed by atoms with van der Waals surface area (Å²) in [6.07, 6.45) is 13.2. The Kier molecular flexibility index (Phi) is 33.7.